The monoisotopic (exact) mass is 409 g/mol. The highest BCUT2D eigenvalue weighted by molar-refractivity contribution is 5.97. The third-order valence-corrected chi connectivity index (χ3v) is 4.68. The molecule has 1 aromatic heterocycles. The van der Waals surface area contributed by atoms with Crippen LogP contribution in [-0.2, 0) is 9.53 Å². The zero-order chi connectivity index (χ0) is 21.7. The highest BCUT2D eigenvalue weighted by Crippen LogP contribution is 2.25. The first-order valence-electron chi connectivity index (χ1n) is 9.91. The average Bonchev–Trinajstić information content (AvgIpc) is 2.68. The maximum atomic E-state index is 13.1. The van der Waals surface area contributed by atoms with Crippen LogP contribution in [0.25, 0.3) is 10.8 Å². The summed E-state index contributed by atoms with van der Waals surface area (Å²) in [6.45, 7) is 5.44. The topological polar surface area (TPSA) is 101 Å². The normalized spacial score (nSPS) is 15.0. The van der Waals surface area contributed by atoms with E-state index in [1.807, 2.05) is 24.3 Å². The van der Waals surface area contributed by atoms with E-state index in [1.54, 1.807) is 45.3 Å². The Morgan fingerprint density at radius 3 is 2.67 bits per heavy atom. The Kier molecular flexibility index (Phi) is 6.40. The molecule has 0 radical (unpaired) electrons. The largest absolute Gasteiger partial charge is 0.512 e. The summed E-state index contributed by atoms with van der Waals surface area (Å²) in [7, 11) is 0. The number of anilines is 1. The molecule has 0 aliphatic heterocycles. The fourth-order valence-electron chi connectivity index (χ4n) is 3.21. The number of fused-ring (bicyclic) bond motifs is 1. The van der Waals surface area contributed by atoms with Crippen LogP contribution in [0.1, 0.15) is 33.6 Å². The van der Waals surface area contributed by atoms with Gasteiger partial charge in [-0.1, -0.05) is 17.7 Å². The number of amides is 2. The minimum atomic E-state index is -0.625. The van der Waals surface area contributed by atoms with Crippen LogP contribution in [0.15, 0.2) is 60.1 Å². The summed E-state index contributed by atoms with van der Waals surface area (Å²) in [6, 6.07) is 7.48. The van der Waals surface area contributed by atoms with Crippen molar-refractivity contribution in [3.63, 3.8) is 0 Å². The lowest BCUT2D eigenvalue weighted by Crippen LogP contribution is -2.39. The molecule has 1 aliphatic rings. The van der Waals surface area contributed by atoms with Gasteiger partial charge in [0.2, 0.25) is 5.91 Å². The number of ether oxygens (including phenoxy) is 1. The summed E-state index contributed by atoms with van der Waals surface area (Å²) in [5, 5.41) is 17.2. The van der Waals surface area contributed by atoms with Crippen molar-refractivity contribution in [2.75, 3.05) is 11.9 Å². The molecule has 1 aliphatic carbocycles. The number of benzene rings is 1. The first-order valence-corrected chi connectivity index (χ1v) is 9.91. The Morgan fingerprint density at radius 1 is 1.17 bits per heavy atom. The number of allylic oxidation sites excluding steroid dienone is 3. The Bertz CT molecular complexity index is 1000. The van der Waals surface area contributed by atoms with Crippen molar-refractivity contribution in [1.82, 2.24) is 10.3 Å². The van der Waals surface area contributed by atoms with Gasteiger partial charge in [0, 0.05) is 36.4 Å². The van der Waals surface area contributed by atoms with Crippen LogP contribution in [0.3, 0.4) is 0 Å². The fraction of sp³-hybridized carbons (Fsp3) is 0.348. The Balaban J connectivity index is 1.76. The molecule has 1 atom stereocenters. The summed E-state index contributed by atoms with van der Waals surface area (Å²) in [5.41, 5.74) is 0.877. The van der Waals surface area contributed by atoms with Crippen LogP contribution in [-0.4, -0.2) is 34.2 Å². The smallest absolute Gasteiger partial charge is 0.407 e. The summed E-state index contributed by atoms with van der Waals surface area (Å²) in [4.78, 5) is 29.3. The summed E-state index contributed by atoms with van der Waals surface area (Å²) in [6.07, 6.45) is 7.23. The number of aliphatic hydroxyl groups is 1. The predicted octanol–water partition coefficient (Wildman–Crippen LogP) is 4.48. The first kappa shape index (κ1) is 21.4. The lowest BCUT2D eigenvalue weighted by molar-refractivity contribution is -0.118. The van der Waals surface area contributed by atoms with Gasteiger partial charge in [0.1, 0.15) is 5.60 Å². The molecule has 7 nitrogen and oxygen atoms in total. The molecule has 30 heavy (non-hydrogen) atoms. The van der Waals surface area contributed by atoms with E-state index in [-0.39, 0.29) is 18.2 Å². The maximum Gasteiger partial charge on any atom is 0.407 e. The lowest BCUT2D eigenvalue weighted by atomic mass is 9.90. The Morgan fingerprint density at radius 2 is 1.97 bits per heavy atom. The second kappa shape index (κ2) is 8.98. The van der Waals surface area contributed by atoms with E-state index < -0.39 is 17.6 Å². The maximum absolute atomic E-state index is 13.1. The highest BCUT2D eigenvalue weighted by Gasteiger charge is 2.26. The summed E-state index contributed by atoms with van der Waals surface area (Å²) in [5.74, 6) is -0.545. The molecule has 0 bridgehead atoms. The number of rotatable bonds is 5. The molecule has 2 amide bonds. The average molecular weight is 409 g/mol. The van der Waals surface area contributed by atoms with E-state index in [0.29, 0.717) is 18.5 Å². The van der Waals surface area contributed by atoms with E-state index in [0.717, 1.165) is 16.3 Å². The number of carbonyl (C=O) groups is 2. The van der Waals surface area contributed by atoms with Gasteiger partial charge in [0.25, 0.3) is 0 Å². The molecule has 7 heteroatoms. The van der Waals surface area contributed by atoms with Crippen LogP contribution in [0.5, 0.6) is 0 Å². The molecule has 0 fully saturated rings. The van der Waals surface area contributed by atoms with Gasteiger partial charge in [-0.2, -0.15) is 0 Å². The Labute approximate surface area is 175 Å². The molecule has 2 aromatic rings. The van der Waals surface area contributed by atoms with Crippen molar-refractivity contribution >= 4 is 28.5 Å². The van der Waals surface area contributed by atoms with Crippen LogP contribution < -0.4 is 10.6 Å². The number of aromatic nitrogens is 1. The van der Waals surface area contributed by atoms with Gasteiger partial charge in [-0.15, -0.1) is 0 Å². The summed E-state index contributed by atoms with van der Waals surface area (Å²) >= 11 is 0. The van der Waals surface area contributed by atoms with Crippen LogP contribution in [0, 0.1) is 5.92 Å². The number of alkyl carbamates (subject to hydrolysis) is 1. The number of hydrogen-bond donors (Lipinski definition) is 3. The van der Waals surface area contributed by atoms with Crippen LogP contribution in [0.2, 0.25) is 0 Å². The van der Waals surface area contributed by atoms with Crippen molar-refractivity contribution in [3.8, 4) is 0 Å². The molecule has 1 heterocycles. The van der Waals surface area contributed by atoms with Gasteiger partial charge in [-0.3, -0.25) is 9.78 Å². The molecular weight excluding hydrogens is 382 g/mol. The number of hydrogen-bond acceptors (Lipinski definition) is 5. The second-order valence-corrected chi connectivity index (χ2v) is 8.26. The van der Waals surface area contributed by atoms with Gasteiger partial charge in [-0.25, -0.2) is 4.79 Å². The van der Waals surface area contributed by atoms with Gasteiger partial charge in [0.15, 0.2) is 0 Å². The van der Waals surface area contributed by atoms with Crippen molar-refractivity contribution in [2.24, 2.45) is 5.92 Å². The van der Waals surface area contributed by atoms with E-state index >= 15 is 0 Å². The molecule has 1 unspecified atom stereocenters. The number of pyridine rings is 1. The minimum Gasteiger partial charge on any atom is -0.512 e. The van der Waals surface area contributed by atoms with Gasteiger partial charge in [0.05, 0.1) is 11.7 Å². The predicted molar refractivity (Wildman–Crippen MR) is 116 cm³/mol. The van der Waals surface area contributed by atoms with Crippen molar-refractivity contribution < 1.29 is 19.4 Å². The molecule has 0 saturated heterocycles. The quantitative estimate of drug-likeness (QED) is 0.676. The molecule has 3 rings (SSSR count). The Hall–Kier alpha value is -3.35. The van der Waals surface area contributed by atoms with Gasteiger partial charge >= 0.3 is 6.09 Å². The van der Waals surface area contributed by atoms with E-state index in [2.05, 4.69) is 15.6 Å². The van der Waals surface area contributed by atoms with Crippen LogP contribution >= 0.6 is 0 Å². The third-order valence-electron chi connectivity index (χ3n) is 4.68. The number of nitrogens with zero attached hydrogens (tertiary/aromatic N) is 1. The van der Waals surface area contributed by atoms with Crippen molar-refractivity contribution in [3.05, 3.63) is 60.1 Å². The van der Waals surface area contributed by atoms with Crippen molar-refractivity contribution in [1.29, 1.82) is 0 Å². The molecule has 1 aromatic carbocycles. The second-order valence-electron chi connectivity index (χ2n) is 8.26. The molecular formula is C23H27N3O4. The van der Waals surface area contributed by atoms with E-state index in [9.17, 15) is 14.7 Å². The molecule has 0 saturated carbocycles. The zero-order valence-electron chi connectivity index (χ0n) is 17.4. The van der Waals surface area contributed by atoms with Gasteiger partial charge < -0.3 is 20.5 Å². The highest BCUT2D eigenvalue weighted by atomic mass is 16.6. The SMILES string of the molecule is CC(C)(C)OC(=O)NCC(C(=O)Nc1ccc2cnccc2c1)C1=CC=C(O)CC1. The van der Waals surface area contributed by atoms with E-state index in [1.165, 1.54) is 0 Å². The van der Waals surface area contributed by atoms with Gasteiger partial charge in [-0.05, 0) is 56.9 Å². The first-order chi connectivity index (χ1) is 14.2. The number of aliphatic hydroxyl groups excluding tert-OH is 1. The fourth-order valence-corrected chi connectivity index (χ4v) is 3.21. The third kappa shape index (κ3) is 5.83. The standard InChI is InChI=1S/C23H27N3O4/c1-23(2,3)30-22(29)25-14-20(15-5-8-19(27)9-6-15)21(28)26-18-7-4-17-13-24-11-10-16(17)12-18/h4-5,7-8,10-13,20,27H,6,9,14H2,1-3H3,(H,25,29)(H,26,28). The molecule has 3 N–H and O–H groups in total. The zero-order valence-corrected chi connectivity index (χ0v) is 17.4. The molecule has 158 valence electrons. The van der Waals surface area contributed by atoms with Crippen molar-refractivity contribution in [2.45, 2.75) is 39.2 Å². The lowest BCUT2D eigenvalue weighted by Gasteiger charge is -2.24. The number of nitrogens with one attached hydrogen (secondary N) is 2. The number of carbonyl (C=O) groups excluding carboxylic acids is 2. The molecule has 0 spiro atoms. The van der Waals surface area contributed by atoms with Crippen LogP contribution in [0.4, 0.5) is 10.5 Å². The minimum absolute atomic E-state index is 0.0959. The summed E-state index contributed by atoms with van der Waals surface area (Å²) < 4.78 is 5.28. The van der Waals surface area contributed by atoms with E-state index in [4.69, 9.17) is 4.74 Å².